The van der Waals surface area contributed by atoms with Gasteiger partial charge in [-0.15, -0.1) is 0 Å². The molecule has 1 amide bonds. The van der Waals surface area contributed by atoms with Gasteiger partial charge in [0.2, 0.25) is 0 Å². The molecule has 0 aliphatic rings. The maximum Gasteiger partial charge on any atom is 0.251 e. The van der Waals surface area contributed by atoms with E-state index in [2.05, 4.69) is 5.32 Å². The fraction of sp³-hybridized carbons (Fsp3) is 0.188. The van der Waals surface area contributed by atoms with Crippen LogP contribution in [0.25, 0.3) is 0 Å². The molecule has 3 nitrogen and oxygen atoms in total. The summed E-state index contributed by atoms with van der Waals surface area (Å²) in [6, 6.07) is 15.5. The first kappa shape index (κ1) is 13.3. The van der Waals surface area contributed by atoms with Crippen molar-refractivity contribution in [1.82, 2.24) is 5.32 Å². The first-order valence-electron chi connectivity index (χ1n) is 6.32. The predicted octanol–water partition coefficient (Wildman–Crippen LogP) is 2.38. The summed E-state index contributed by atoms with van der Waals surface area (Å²) in [7, 11) is 0. The lowest BCUT2D eigenvalue weighted by Crippen LogP contribution is -2.22. The van der Waals surface area contributed by atoms with Crippen LogP contribution in [0.2, 0.25) is 0 Å². The molecule has 0 unspecified atom stereocenters. The molecule has 0 saturated carbocycles. The standard InChI is InChI=1S/C16H18N2O/c1-12-5-7-13(8-6-12)11-18-16(19)15-4-2-3-14(9-15)10-17/h2-9H,10-11,17H2,1H3,(H,18,19). The molecule has 2 rings (SSSR count). The second-order valence-corrected chi connectivity index (χ2v) is 4.57. The average Bonchev–Trinajstić information content (AvgIpc) is 2.46. The van der Waals surface area contributed by atoms with Crippen LogP contribution in [-0.4, -0.2) is 5.91 Å². The molecule has 0 heterocycles. The Morgan fingerprint density at radius 2 is 1.84 bits per heavy atom. The minimum Gasteiger partial charge on any atom is -0.348 e. The third-order valence-corrected chi connectivity index (χ3v) is 3.00. The number of aryl methyl sites for hydroxylation is 1. The fourth-order valence-electron chi connectivity index (χ4n) is 1.83. The lowest BCUT2D eigenvalue weighted by Gasteiger charge is -2.07. The van der Waals surface area contributed by atoms with Crippen LogP contribution < -0.4 is 11.1 Å². The molecule has 0 fully saturated rings. The molecular formula is C16H18N2O. The van der Waals surface area contributed by atoms with Crippen molar-refractivity contribution in [2.24, 2.45) is 5.73 Å². The zero-order valence-electron chi connectivity index (χ0n) is 11.0. The summed E-state index contributed by atoms with van der Waals surface area (Å²) in [4.78, 5) is 12.0. The molecule has 0 radical (unpaired) electrons. The molecule has 2 aromatic rings. The molecule has 3 N–H and O–H groups in total. The van der Waals surface area contributed by atoms with Crippen molar-refractivity contribution in [2.75, 3.05) is 0 Å². The van der Waals surface area contributed by atoms with Crippen molar-refractivity contribution in [2.45, 2.75) is 20.0 Å². The maximum absolute atomic E-state index is 12.0. The normalized spacial score (nSPS) is 10.2. The Bertz CT molecular complexity index is 561. The average molecular weight is 254 g/mol. The predicted molar refractivity (Wildman–Crippen MR) is 76.7 cm³/mol. The van der Waals surface area contributed by atoms with E-state index in [9.17, 15) is 4.79 Å². The van der Waals surface area contributed by atoms with Crippen molar-refractivity contribution in [3.8, 4) is 0 Å². The number of benzene rings is 2. The van der Waals surface area contributed by atoms with Gasteiger partial charge in [-0.3, -0.25) is 4.79 Å². The molecule has 19 heavy (non-hydrogen) atoms. The molecule has 2 aromatic carbocycles. The Hall–Kier alpha value is -2.13. The van der Waals surface area contributed by atoms with Gasteiger partial charge in [0.05, 0.1) is 0 Å². The van der Waals surface area contributed by atoms with Gasteiger partial charge in [0, 0.05) is 18.7 Å². The molecule has 0 bridgehead atoms. The number of amides is 1. The van der Waals surface area contributed by atoms with Crippen molar-refractivity contribution in [3.05, 3.63) is 70.8 Å². The second-order valence-electron chi connectivity index (χ2n) is 4.57. The molecule has 0 aromatic heterocycles. The number of nitrogens with two attached hydrogens (primary N) is 1. The van der Waals surface area contributed by atoms with Gasteiger partial charge >= 0.3 is 0 Å². The third-order valence-electron chi connectivity index (χ3n) is 3.00. The van der Waals surface area contributed by atoms with Crippen LogP contribution >= 0.6 is 0 Å². The van der Waals surface area contributed by atoms with Crippen molar-refractivity contribution >= 4 is 5.91 Å². The Kier molecular flexibility index (Phi) is 4.31. The summed E-state index contributed by atoms with van der Waals surface area (Å²) in [5.41, 5.74) is 9.48. The summed E-state index contributed by atoms with van der Waals surface area (Å²) < 4.78 is 0. The van der Waals surface area contributed by atoms with E-state index in [1.165, 1.54) is 5.56 Å². The number of hydrogen-bond acceptors (Lipinski definition) is 2. The highest BCUT2D eigenvalue weighted by Gasteiger charge is 2.05. The molecule has 0 aliphatic carbocycles. The highest BCUT2D eigenvalue weighted by Crippen LogP contribution is 2.06. The monoisotopic (exact) mass is 254 g/mol. The van der Waals surface area contributed by atoms with Crippen LogP contribution in [0.5, 0.6) is 0 Å². The largest absolute Gasteiger partial charge is 0.348 e. The number of hydrogen-bond donors (Lipinski definition) is 2. The highest BCUT2D eigenvalue weighted by molar-refractivity contribution is 5.94. The molecule has 3 heteroatoms. The minimum atomic E-state index is -0.0733. The molecule has 0 spiro atoms. The Balaban J connectivity index is 1.99. The van der Waals surface area contributed by atoms with Crippen LogP contribution in [0.4, 0.5) is 0 Å². The van der Waals surface area contributed by atoms with E-state index >= 15 is 0 Å². The van der Waals surface area contributed by atoms with E-state index in [0.29, 0.717) is 18.7 Å². The van der Waals surface area contributed by atoms with Crippen molar-refractivity contribution < 1.29 is 4.79 Å². The summed E-state index contributed by atoms with van der Waals surface area (Å²) in [5, 5.41) is 2.91. The van der Waals surface area contributed by atoms with Gasteiger partial charge in [-0.05, 0) is 30.2 Å². The lowest BCUT2D eigenvalue weighted by atomic mass is 10.1. The van der Waals surface area contributed by atoms with E-state index in [0.717, 1.165) is 11.1 Å². The molecule has 0 aliphatic heterocycles. The Labute approximate surface area is 113 Å². The van der Waals surface area contributed by atoms with E-state index in [1.54, 1.807) is 6.07 Å². The Morgan fingerprint density at radius 3 is 2.53 bits per heavy atom. The van der Waals surface area contributed by atoms with Crippen molar-refractivity contribution in [1.29, 1.82) is 0 Å². The van der Waals surface area contributed by atoms with E-state index in [-0.39, 0.29) is 5.91 Å². The van der Waals surface area contributed by atoms with Crippen LogP contribution in [0, 0.1) is 6.92 Å². The highest BCUT2D eigenvalue weighted by atomic mass is 16.1. The first-order chi connectivity index (χ1) is 9.19. The quantitative estimate of drug-likeness (QED) is 0.880. The van der Waals surface area contributed by atoms with Crippen LogP contribution in [0.3, 0.4) is 0 Å². The number of carbonyl (C=O) groups excluding carboxylic acids is 1. The topological polar surface area (TPSA) is 55.1 Å². The summed E-state index contributed by atoms with van der Waals surface area (Å²) in [5.74, 6) is -0.0733. The summed E-state index contributed by atoms with van der Waals surface area (Å²) in [6.45, 7) is 3.02. The summed E-state index contributed by atoms with van der Waals surface area (Å²) in [6.07, 6.45) is 0. The molecule has 0 atom stereocenters. The zero-order valence-corrected chi connectivity index (χ0v) is 11.0. The third kappa shape index (κ3) is 3.66. The van der Waals surface area contributed by atoms with Gasteiger partial charge in [-0.25, -0.2) is 0 Å². The zero-order chi connectivity index (χ0) is 13.7. The fourth-order valence-corrected chi connectivity index (χ4v) is 1.83. The smallest absolute Gasteiger partial charge is 0.251 e. The van der Waals surface area contributed by atoms with Crippen LogP contribution in [-0.2, 0) is 13.1 Å². The minimum absolute atomic E-state index is 0.0733. The second kappa shape index (κ2) is 6.16. The van der Waals surface area contributed by atoms with Gasteiger partial charge < -0.3 is 11.1 Å². The van der Waals surface area contributed by atoms with Crippen molar-refractivity contribution in [3.63, 3.8) is 0 Å². The Morgan fingerprint density at radius 1 is 1.11 bits per heavy atom. The van der Waals surface area contributed by atoms with Gasteiger partial charge in [-0.2, -0.15) is 0 Å². The van der Waals surface area contributed by atoms with Gasteiger partial charge in [0.1, 0.15) is 0 Å². The van der Waals surface area contributed by atoms with Gasteiger partial charge in [0.25, 0.3) is 5.91 Å². The molecule has 0 saturated heterocycles. The number of rotatable bonds is 4. The van der Waals surface area contributed by atoms with E-state index < -0.39 is 0 Å². The summed E-state index contributed by atoms with van der Waals surface area (Å²) >= 11 is 0. The number of nitrogens with one attached hydrogen (secondary N) is 1. The SMILES string of the molecule is Cc1ccc(CNC(=O)c2cccc(CN)c2)cc1. The first-order valence-corrected chi connectivity index (χ1v) is 6.32. The number of carbonyl (C=O) groups is 1. The molecule has 98 valence electrons. The maximum atomic E-state index is 12.0. The molecular weight excluding hydrogens is 236 g/mol. The van der Waals surface area contributed by atoms with Crippen LogP contribution in [0.1, 0.15) is 27.0 Å². The lowest BCUT2D eigenvalue weighted by molar-refractivity contribution is 0.0951. The van der Waals surface area contributed by atoms with Crippen LogP contribution in [0.15, 0.2) is 48.5 Å². The van der Waals surface area contributed by atoms with E-state index in [4.69, 9.17) is 5.73 Å². The van der Waals surface area contributed by atoms with E-state index in [1.807, 2.05) is 49.4 Å². The van der Waals surface area contributed by atoms with Gasteiger partial charge in [-0.1, -0.05) is 42.0 Å². The van der Waals surface area contributed by atoms with Gasteiger partial charge in [0.15, 0.2) is 0 Å².